The Morgan fingerprint density at radius 2 is 1.82 bits per heavy atom. The lowest BCUT2D eigenvalue weighted by Crippen LogP contribution is -2.38. The lowest BCUT2D eigenvalue weighted by atomic mass is 10.1. The Balaban J connectivity index is 2.45. The molecule has 0 fully saturated rings. The zero-order chi connectivity index (χ0) is 12.8. The molecule has 3 heteroatoms. The van der Waals surface area contributed by atoms with Gasteiger partial charge in [-0.25, -0.2) is 4.79 Å². The standard InChI is InChI=1S/C14H21NO2/c1-11(2)12(3)15(4)14(16)17-10-13-8-6-5-7-9-13/h5-9,11-12H,10H2,1-4H3/t12-/m1/s1. The van der Waals surface area contributed by atoms with E-state index in [9.17, 15) is 4.79 Å². The first-order valence-electron chi connectivity index (χ1n) is 5.96. The molecule has 1 aromatic rings. The van der Waals surface area contributed by atoms with E-state index in [1.807, 2.05) is 37.3 Å². The fourth-order valence-corrected chi connectivity index (χ4v) is 1.43. The second-order valence-corrected chi connectivity index (χ2v) is 4.64. The van der Waals surface area contributed by atoms with Gasteiger partial charge in [0, 0.05) is 13.1 Å². The molecule has 0 aliphatic rings. The summed E-state index contributed by atoms with van der Waals surface area (Å²) in [4.78, 5) is 13.4. The van der Waals surface area contributed by atoms with E-state index in [4.69, 9.17) is 4.74 Å². The van der Waals surface area contributed by atoms with E-state index in [1.165, 1.54) is 0 Å². The number of hydrogen-bond donors (Lipinski definition) is 0. The van der Waals surface area contributed by atoms with E-state index < -0.39 is 0 Å². The minimum absolute atomic E-state index is 0.179. The fraction of sp³-hybridized carbons (Fsp3) is 0.500. The maximum Gasteiger partial charge on any atom is 0.410 e. The average Bonchev–Trinajstić information content (AvgIpc) is 2.35. The monoisotopic (exact) mass is 235 g/mol. The molecule has 0 aliphatic carbocycles. The molecule has 1 aromatic carbocycles. The van der Waals surface area contributed by atoms with E-state index in [0.29, 0.717) is 12.5 Å². The van der Waals surface area contributed by atoms with Gasteiger partial charge in [-0.2, -0.15) is 0 Å². The molecule has 0 aromatic heterocycles. The van der Waals surface area contributed by atoms with Gasteiger partial charge in [0.25, 0.3) is 0 Å². The Kier molecular flexibility index (Phi) is 5.01. The summed E-state index contributed by atoms with van der Waals surface area (Å²) in [5.74, 6) is 0.421. The Hall–Kier alpha value is -1.51. The van der Waals surface area contributed by atoms with Crippen LogP contribution < -0.4 is 0 Å². The van der Waals surface area contributed by atoms with Gasteiger partial charge in [0.15, 0.2) is 0 Å². The summed E-state index contributed by atoms with van der Waals surface area (Å²) in [6.45, 7) is 6.53. The molecule has 0 saturated heterocycles. The Morgan fingerprint density at radius 1 is 1.24 bits per heavy atom. The van der Waals surface area contributed by atoms with Gasteiger partial charge in [-0.3, -0.25) is 0 Å². The van der Waals surface area contributed by atoms with E-state index in [2.05, 4.69) is 13.8 Å². The number of benzene rings is 1. The van der Waals surface area contributed by atoms with Crippen molar-refractivity contribution in [3.63, 3.8) is 0 Å². The molecule has 0 radical (unpaired) electrons. The summed E-state index contributed by atoms with van der Waals surface area (Å²) in [6.07, 6.45) is -0.268. The third-order valence-electron chi connectivity index (χ3n) is 3.07. The highest BCUT2D eigenvalue weighted by molar-refractivity contribution is 5.67. The van der Waals surface area contributed by atoms with Gasteiger partial charge in [0.05, 0.1) is 0 Å². The van der Waals surface area contributed by atoms with Crippen LogP contribution in [0.3, 0.4) is 0 Å². The van der Waals surface area contributed by atoms with Gasteiger partial charge >= 0.3 is 6.09 Å². The number of hydrogen-bond acceptors (Lipinski definition) is 2. The van der Waals surface area contributed by atoms with Gasteiger partial charge in [-0.05, 0) is 18.4 Å². The first kappa shape index (κ1) is 13.6. The zero-order valence-electron chi connectivity index (χ0n) is 11.0. The number of rotatable bonds is 4. The van der Waals surface area contributed by atoms with Crippen molar-refractivity contribution in [1.82, 2.24) is 4.90 Å². The number of amides is 1. The maximum absolute atomic E-state index is 11.8. The zero-order valence-corrected chi connectivity index (χ0v) is 11.0. The molecule has 0 unspecified atom stereocenters. The molecule has 0 spiro atoms. The first-order chi connectivity index (χ1) is 8.02. The maximum atomic E-state index is 11.8. The quantitative estimate of drug-likeness (QED) is 0.801. The molecule has 94 valence electrons. The van der Waals surface area contributed by atoms with E-state index in [0.717, 1.165) is 5.56 Å². The van der Waals surface area contributed by atoms with Gasteiger partial charge in [-0.1, -0.05) is 44.2 Å². The van der Waals surface area contributed by atoms with Crippen LogP contribution in [0, 0.1) is 5.92 Å². The highest BCUT2D eigenvalue weighted by Gasteiger charge is 2.19. The van der Waals surface area contributed by atoms with Crippen LogP contribution in [0.4, 0.5) is 4.79 Å². The van der Waals surface area contributed by atoms with Crippen molar-refractivity contribution in [1.29, 1.82) is 0 Å². The Bertz CT molecular complexity index is 348. The molecule has 1 rings (SSSR count). The highest BCUT2D eigenvalue weighted by atomic mass is 16.6. The van der Waals surface area contributed by atoms with Crippen LogP contribution in [0.1, 0.15) is 26.3 Å². The van der Waals surface area contributed by atoms with Crippen LogP contribution in [0.15, 0.2) is 30.3 Å². The number of nitrogens with zero attached hydrogens (tertiary/aromatic N) is 1. The molecule has 17 heavy (non-hydrogen) atoms. The van der Waals surface area contributed by atoms with E-state index in [1.54, 1.807) is 11.9 Å². The van der Waals surface area contributed by atoms with Crippen molar-refractivity contribution in [2.24, 2.45) is 5.92 Å². The van der Waals surface area contributed by atoms with Crippen molar-refractivity contribution < 1.29 is 9.53 Å². The Morgan fingerprint density at radius 3 is 2.35 bits per heavy atom. The van der Waals surface area contributed by atoms with Crippen molar-refractivity contribution in [3.05, 3.63) is 35.9 Å². The summed E-state index contributed by atoms with van der Waals surface area (Å²) in [5.41, 5.74) is 1.01. The first-order valence-corrected chi connectivity index (χ1v) is 5.96. The highest BCUT2D eigenvalue weighted by Crippen LogP contribution is 2.10. The van der Waals surface area contributed by atoms with Gasteiger partial charge in [-0.15, -0.1) is 0 Å². The molecule has 0 aliphatic heterocycles. The van der Waals surface area contributed by atoms with Crippen molar-refractivity contribution in [3.8, 4) is 0 Å². The molecule has 0 heterocycles. The van der Waals surface area contributed by atoms with E-state index in [-0.39, 0.29) is 12.1 Å². The smallest absolute Gasteiger partial charge is 0.410 e. The number of ether oxygens (including phenoxy) is 1. The predicted octanol–water partition coefficient (Wildman–Crippen LogP) is 3.30. The molecule has 0 bridgehead atoms. The van der Waals surface area contributed by atoms with E-state index >= 15 is 0 Å². The minimum atomic E-state index is -0.268. The molecule has 1 amide bonds. The van der Waals surface area contributed by atoms with Gasteiger partial charge < -0.3 is 9.64 Å². The van der Waals surface area contributed by atoms with Crippen LogP contribution in [-0.2, 0) is 11.3 Å². The van der Waals surface area contributed by atoms with Crippen LogP contribution in [-0.4, -0.2) is 24.1 Å². The summed E-state index contributed by atoms with van der Waals surface area (Å²) in [6, 6.07) is 9.88. The molecule has 3 nitrogen and oxygen atoms in total. The van der Waals surface area contributed by atoms with Crippen LogP contribution in [0.25, 0.3) is 0 Å². The summed E-state index contributed by atoms with van der Waals surface area (Å²) < 4.78 is 5.25. The molecular weight excluding hydrogens is 214 g/mol. The summed E-state index contributed by atoms with van der Waals surface area (Å²) in [5, 5.41) is 0. The van der Waals surface area contributed by atoms with Gasteiger partial charge in [0.1, 0.15) is 6.61 Å². The average molecular weight is 235 g/mol. The van der Waals surface area contributed by atoms with Gasteiger partial charge in [0.2, 0.25) is 0 Å². The summed E-state index contributed by atoms with van der Waals surface area (Å²) >= 11 is 0. The lowest BCUT2D eigenvalue weighted by Gasteiger charge is -2.27. The van der Waals surface area contributed by atoms with Crippen molar-refractivity contribution in [2.75, 3.05) is 7.05 Å². The minimum Gasteiger partial charge on any atom is -0.445 e. The fourth-order valence-electron chi connectivity index (χ4n) is 1.43. The van der Waals surface area contributed by atoms with Crippen LogP contribution in [0.5, 0.6) is 0 Å². The largest absolute Gasteiger partial charge is 0.445 e. The molecular formula is C14H21NO2. The SMILES string of the molecule is CC(C)[C@@H](C)N(C)C(=O)OCc1ccccc1. The topological polar surface area (TPSA) is 29.5 Å². The Labute approximate surface area is 103 Å². The third kappa shape index (κ3) is 4.10. The van der Waals surface area contributed by atoms with Crippen molar-refractivity contribution >= 4 is 6.09 Å². The molecule has 0 saturated carbocycles. The molecule has 0 N–H and O–H groups in total. The van der Waals surface area contributed by atoms with Crippen LogP contribution >= 0.6 is 0 Å². The normalized spacial score (nSPS) is 12.3. The van der Waals surface area contributed by atoms with Crippen LogP contribution in [0.2, 0.25) is 0 Å². The second kappa shape index (κ2) is 6.28. The predicted molar refractivity (Wildman–Crippen MR) is 68.7 cm³/mol. The number of carbonyl (C=O) groups is 1. The van der Waals surface area contributed by atoms with Crippen molar-refractivity contribution in [2.45, 2.75) is 33.4 Å². The summed E-state index contributed by atoms with van der Waals surface area (Å²) in [7, 11) is 1.78. The third-order valence-corrected chi connectivity index (χ3v) is 3.07. The lowest BCUT2D eigenvalue weighted by molar-refractivity contribution is 0.0859. The molecule has 1 atom stereocenters. The second-order valence-electron chi connectivity index (χ2n) is 4.64. The number of carbonyl (C=O) groups excluding carboxylic acids is 1.